The summed E-state index contributed by atoms with van der Waals surface area (Å²) in [6.45, 7) is -2.55. The van der Waals surface area contributed by atoms with Crippen LogP contribution in [0.4, 0.5) is 19.3 Å². The number of benzene rings is 2. The van der Waals surface area contributed by atoms with Crippen LogP contribution in [0.1, 0.15) is 5.56 Å². The number of hydrogen-bond acceptors (Lipinski definition) is 3. The van der Waals surface area contributed by atoms with E-state index in [-0.39, 0.29) is 5.75 Å². The molecule has 0 radical (unpaired) electrons. The molecule has 0 unspecified atom stereocenters. The van der Waals surface area contributed by atoms with Crippen LogP contribution in [-0.4, -0.2) is 22.8 Å². The highest BCUT2D eigenvalue weighted by Crippen LogP contribution is 2.18. The van der Waals surface area contributed by atoms with Gasteiger partial charge in [-0.1, -0.05) is 12.1 Å². The van der Waals surface area contributed by atoms with Crippen LogP contribution in [0.2, 0.25) is 0 Å². The van der Waals surface area contributed by atoms with Gasteiger partial charge in [-0.15, -0.1) is 0 Å². The summed E-state index contributed by atoms with van der Waals surface area (Å²) in [5, 5.41) is 13.1. The average Bonchev–Trinajstić information content (AvgIpc) is 3.03. The highest BCUT2D eigenvalue weighted by atomic mass is 19.3. The Bertz CT molecular complexity index is 833. The number of urea groups is 1. The molecule has 0 aliphatic heterocycles. The van der Waals surface area contributed by atoms with Crippen LogP contribution in [0.3, 0.4) is 0 Å². The lowest BCUT2D eigenvalue weighted by Gasteiger charge is -2.09. The molecule has 0 bridgehead atoms. The van der Waals surface area contributed by atoms with E-state index in [1.54, 1.807) is 6.20 Å². The number of carbonyl (C=O) groups excluding carboxylic acids is 1. The molecule has 0 saturated heterocycles. The topological polar surface area (TPSA) is 79.0 Å². The molecule has 124 valence electrons. The third-order valence-corrected chi connectivity index (χ3v) is 3.35. The first-order valence-electron chi connectivity index (χ1n) is 7.12. The van der Waals surface area contributed by atoms with E-state index in [4.69, 9.17) is 0 Å². The van der Waals surface area contributed by atoms with Gasteiger partial charge in [0.25, 0.3) is 0 Å². The van der Waals surface area contributed by atoms with Crippen molar-refractivity contribution in [3.63, 3.8) is 0 Å². The Balaban J connectivity index is 1.57. The summed E-state index contributed by atoms with van der Waals surface area (Å²) in [6, 6.07) is 10.9. The SMILES string of the molecule is O=C(NCc1cccc2[nH]ncc12)Nc1ccc(OC(F)F)cc1. The van der Waals surface area contributed by atoms with Crippen molar-refractivity contribution in [2.45, 2.75) is 13.2 Å². The molecule has 6 nitrogen and oxygen atoms in total. The lowest BCUT2D eigenvalue weighted by molar-refractivity contribution is -0.0498. The molecule has 8 heteroatoms. The van der Waals surface area contributed by atoms with E-state index >= 15 is 0 Å². The molecule has 3 N–H and O–H groups in total. The molecular weight excluding hydrogens is 318 g/mol. The molecule has 3 aromatic rings. The zero-order chi connectivity index (χ0) is 16.9. The maximum Gasteiger partial charge on any atom is 0.387 e. The quantitative estimate of drug-likeness (QED) is 0.669. The number of aromatic amines is 1. The van der Waals surface area contributed by atoms with Crippen LogP contribution < -0.4 is 15.4 Å². The highest BCUT2D eigenvalue weighted by Gasteiger charge is 2.07. The van der Waals surface area contributed by atoms with Gasteiger partial charge in [0.2, 0.25) is 0 Å². The molecule has 0 fully saturated rings. The van der Waals surface area contributed by atoms with Crippen molar-refractivity contribution in [2.24, 2.45) is 0 Å². The van der Waals surface area contributed by atoms with Gasteiger partial charge >= 0.3 is 12.6 Å². The molecule has 0 aliphatic rings. The van der Waals surface area contributed by atoms with Gasteiger partial charge < -0.3 is 15.4 Å². The monoisotopic (exact) mass is 332 g/mol. The Hall–Kier alpha value is -3.16. The molecule has 0 atom stereocenters. The number of hydrogen-bond donors (Lipinski definition) is 3. The number of nitrogens with one attached hydrogen (secondary N) is 3. The number of ether oxygens (including phenoxy) is 1. The van der Waals surface area contributed by atoms with E-state index in [9.17, 15) is 13.6 Å². The second-order valence-corrected chi connectivity index (χ2v) is 4.96. The van der Waals surface area contributed by atoms with Crippen molar-refractivity contribution in [2.75, 3.05) is 5.32 Å². The predicted molar refractivity (Wildman–Crippen MR) is 85.0 cm³/mol. The van der Waals surface area contributed by atoms with Gasteiger partial charge in [0.05, 0.1) is 11.7 Å². The Kier molecular flexibility index (Phi) is 4.55. The Morgan fingerprint density at radius 3 is 2.75 bits per heavy atom. The minimum absolute atomic E-state index is 0.0302. The fourth-order valence-electron chi connectivity index (χ4n) is 2.25. The number of alkyl halides is 2. The summed E-state index contributed by atoms with van der Waals surface area (Å²) >= 11 is 0. The number of H-pyrrole nitrogens is 1. The molecular formula is C16H14F2N4O2. The van der Waals surface area contributed by atoms with Crippen LogP contribution >= 0.6 is 0 Å². The maximum atomic E-state index is 12.1. The minimum Gasteiger partial charge on any atom is -0.435 e. The fourth-order valence-corrected chi connectivity index (χ4v) is 2.25. The first-order chi connectivity index (χ1) is 11.6. The largest absolute Gasteiger partial charge is 0.435 e. The maximum absolute atomic E-state index is 12.1. The van der Waals surface area contributed by atoms with Crippen LogP contribution in [0.5, 0.6) is 5.75 Å². The number of aromatic nitrogens is 2. The third kappa shape index (κ3) is 3.78. The Morgan fingerprint density at radius 1 is 1.21 bits per heavy atom. The second kappa shape index (κ2) is 6.95. The zero-order valence-corrected chi connectivity index (χ0v) is 12.4. The average molecular weight is 332 g/mol. The van der Waals surface area contributed by atoms with Crippen molar-refractivity contribution >= 4 is 22.6 Å². The van der Waals surface area contributed by atoms with Gasteiger partial charge in [-0.2, -0.15) is 13.9 Å². The van der Waals surface area contributed by atoms with E-state index < -0.39 is 12.6 Å². The number of rotatable bonds is 5. The fraction of sp³-hybridized carbons (Fsp3) is 0.125. The van der Waals surface area contributed by atoms with Crippen LogP contribution in [-0.2, 0) is 6.54 Å². The van der Waals surface area contributed by atoms with Gasteiger partial charge in [-0.25, -0.2) is 4.79 Å². The summed E-state index contributed by atoms with van der Waals surface area (Å²) < 4.78 is 28.4. The molecule has 1 heterocycles. The van der Waals surface area contributed by atoms with E-state index in [2.05, 4.69) is 25.6 Å². The minimum atomic E-state index is -2.88. The summed E-state index contributed by atoms with van der Waals surface area (Å²) in [7, 11) is 0. The van der Waals surface area contributed by atoms with Crippen molar-refractivity contribution in [1.82, 2.24) is 15.5 Å². The molecule has 1 aromatic heterocycles. The van der Waals surface area contributed by atoms with Gasteiger partial charge in [0.1, 0.15) is 5.75 Å². The number of anilines is 1. The molecule has 2 amide bonds. The summed E-state index contributed by atoms with van der Waals surface area (Å²) in [5.74, 6) is 0.0302. The number of nitrogens with zero attached hydrogens (tertiary/aromatic N) is 1. The second-order valence-electron chi connectivity index (χ2n) is 4.96. The summed E-state index contributed by atoms with van der Waals surface area (Å²) in [4.78, 5) is 11.9. The molecule has 24 heavy (non-hydrogen) atoms. The molecule has 0 aliphatic carbocycles. The molecule has 0 saturated carbocycles. The lowest BCUT2D eigenvalue weighted by Crippen LogP contribution is -2.28. The van der Waals surface area contributed by atoms with Gasteiger partial charge in [0.15, 0.2) is 0 Å². The normalized spacial score (nSPS) is 10.8. The summed E-state index contributed by atoms with van der Waals surface area (Å²) in [6.07, 6.45) is 1.70. The van der Waals surface area contributed by atoms with E-state index in [1.165, 1.54) is 24.3 Å². The van der Waals surface area contributed by atoms with Crippen molar-refractivity contribution in [3.05, 3.63) is 54.2 Å². The molecule has 2 aromatic carbocycles. The smallest absolute Gasteiger partial charge is 0.387 e. The Morgan fingerprint density at radius 2 is 2.00 bits per heavy atom. The third-order valence-electron chi connectivity index (χ3n) is 3.35. The van der Waals surface area contributed by atoms with Gasteiger partial charge in [-0.3, -0.25) is 5.10 Å². The number of carbonyl (C=O) groups is 1. The van der Waals surface area contributed by atoms with Crippen molar-refractivity contribution < 1.29 is 18.3 Å². The van der Waals surface area contributed by atoms with Crippen LogP contribution in [0.25, 0.3) is 10.9 Å². The van der Waals surface area contributed by atoms with Crippen molar-refractivity contribution in [1.29, 1.82) is 0 Å². The Labute approximate surface area is 135 Å². The summed E-state index contributed by atoms with van der Waals surface area (Å²) in [5.41, 5.74) is 2.29. The van der Waals surface area contributed by atoms with Crippen LogP contribution in [0, 0.1) is 0 Å². The van der Waals surface area contributed by atoms with E-state index in [1.807, 2.05) is 18.2 Å². The number of amides is 2. The van der Waals surface area contributed by atoms with Gasteiger partial charge in [0, 0.05) is 17.6 Å². The highest BCUT2D eigenvalue weighted by molar-refractivity contribution is 5.89. The lowest BCUT2D eigenvalue weighted by atomic mass is 10.1. The molecule has 3 rings (SSSR count). The first-order valence-corrected chi connectivity index (χ1v) is 7.12. The number of halogens is 2. The van der Waals surface area contributed by atoms with Crippen LogP contribution in [0.15, 0.2) is 48.7 Å². The van der Waals surface area contributed by atoms with Crippen molar-refractivity contribution in [3.8, 4) is 5.75 Å². The molecule has 0 spiro atoms. The zero-order valence-electron chi connectivity index (χ0n) is 12.4. The predicted octanol–water partition coefficient (Wildman–Crippen LogP) is 3.49. The van der Waals surface area contributed by atoms with E-state index in [0.717, 1.165) is 16.5 Å². The number of fused-ring (bicyclic) bond motifs is 1. The van der Waals surface area contributed by atoms with E-state index in [0.29, 0.717) is 12.2 Å². The van der Waals surface area contributed by atoms with Gasteiger partial charge in [-0.05, 0) is 35.9 Å². The first kappa shape index (κ1) is 15.7. The standard InChI is InChI=1S/C16H14F2N4O2/c17-15(18)24-12-6-4-11(5-7-12)21-16(23)19-8-10-2-1-3-14-13(10)9-20-22-14/h1-7,9,15H,8H2,(H,20,22)(H2,19,21,23).